The van der Waals surface area contributed by atoms with Gasteiger partial charge in [-0.25, -0.2) is 13.6 Å². The van der Waals surface area contributed by atoms with Gasteiger partial charge in [-0.05, 0) is 30.5 Å². The second kappa shape index (κ2) is 6.34. The third kappa shape index (κ3) is 4.29. The summed E-state index contributed by atoms with van der Waals surface area (Å²) in [6.45, 7) is 5.47. The van der Waals surface area contributed by atoms with Crippen molar-refractivity contribution in [2.24, 2.45) is 16.8 Å². The standard InChI is InChI=1S/C13H21N3O3S/c1-8(2)10(14)7-13(17)16-11-5-4-6-12(9(11)3)20(15,18)19/h4-6,8,10H,7,14H2,1-3H3,(H,16,17)(H2,15,18,19). The highest BCUT2D eigenvalue weighted by atomic mass is 32.2. The monoisotopic (exact) mass is 299 g/mol. The van der Waals surface area contributed by atoms with Crippen molar-refractivity contribution in [3.8, 4) is 0 Å². The lowest BCUT2D eigenvalue weighted by atomic mass is 10.0. The molecular weight excluding hydrogens is 278 g/mol. The molecule has 1 unspecified atom stereocenters. The van der Waals surface area contributed by atoms with Gasteiger partial charge < -0.3 is 11.1 Å². The summed E-state index contributed by atoms with van der Waals surface area (Å²) in [7, 11) is -3.80. The summed E-state index contributed by atoms with van der Waals surface area (Å²) >= 11 is 0. The average molecular weight is 299 g/mol. The molecule has 0 aromatic heterocycles. The number of carbonyl (C=O) groups excluding carboxylic acids is 1. The molecule has 1 atom stereocenters. The highest BCUT2D eigenvalue weighted by Gasteiger charge is 2.17. The van der Waals surface area contributed by atoms with Crippen LogP contribution in [0, 0.1) is 12.8 Å². The smallest absolute Gasteiger partial charge is 0.238 e. The van der Waals surface area contributed by atoms with Gasteiger partial charge in [-0.15, -0.1) is 0 Å². The van der Waals surface area contributed by atoms with Crippen LogP contribution >= 0.6 is 0 Å². The van der Waals surface area contributed by atoms with Crippen molar-refractivity contribution in [3.63, 3.8) is 0 Å². The molecule has 6 nitrogen and oxygen atoms in total. The molecule has 0 spiro atoms. The van der Waals surface area contributed by atoms with Gasteiger partial charge >= 0.3 is 0 Å². The Bertz CT molecular complexity index is 597. The molecule has 20 heavy (non-hydrogen) atoms. The summed E-state index contributed by atoms with van der Waals surface area (Å²) in [5.41, 5.74) is 6.68. The molecule has 0 saturated carbocycles. The average Bonchev–Trinajstić information content (AvgIpc) is 2.30. The van der Waals surface area contributed by atoms with Crippen LogP contribution in [0.15, 0.2) is 23.1 Å². The maximum Gasteiger partial charge on any atom is 0.238 e. The van der Waals surface area contributed by atoms with Crippen molar-refractivity contribution >= 4 is 21.6 Å². The summed E-state index contributed by atoms with van der Waals surface area (Å²) in [5, 5.41) is 7.79. The Morgan fingerprint density at radius 3 is 2.45 bits per heavy atom. The van der Waals surface area contributed by atoms with Crippen molar-refractivity contribution in [1.29, 1.82) is 0 Å². The van der Waals surface area contributed by atoms with Crippen LogP contribution in [0.5, 0.6) is 0 Å². The summed E-state index contributed by atoms with van der Waals surface area (Å²) in [5.74, 6) is -0.0570. The lowest BCUT2D eigenvalue weighted by Crippen LogP contribution is -2.31. The number of carbonyl (C=O) groups is 1. The third-order valence-electron chi connectivity index (χ3n) is 3.14. The number of hydrogen-bond acceptors (Lipinski definition) is 4. The first-order valence-electron chi connectivity index (χ1n) is 6.30. The molecule has 0 aliphatic rings. The van der Waals surface area contributed by atoms with Crippen molar-refractivity contribution in [3.05, 3.63) is 23.8 Å². The third-order valence-corrected chi connectivity index (χ3v) is 4.20. The van der Waals surface area contributed by atoms with Gasteiger partial charge in [0, 0.05) is 18.2 Å². The van der Waals surface area contributed by atoms with Crippen LogP contribution in [0.1, 0.15) is 25.8 Å². The maximum atomic E-state index is 11.9. The molecule has 0 bridgehead atoms. The molecule has 0 saturated heterocycles. The minimum Gasteiger partial charge on any atom is -0.327 e. The number of hydrogen-bond donors (Lipinski definition) is 3. The molecule has 0 heterocycles. The predicted octanol–water partition coefficient (Wildman–Crippen LogP) is 0.954. The zero-order valence-corrected chi connectivity index (χ0v) is 12.7. The fraction of sp³-hybridized carbons (Fsp3) is 0.462. The summed E-state index contributed by atoms with van der Waals surface area (Å²) in [4.78, 5) is 11.9. The molecule has 0 radical (unpaired) electrons. The Morgan fingerprint density at radius 1 is 1.35 bits per heavy atom. The zero-order chi connectivity index (χ0) is 15.5. The van der Waals surface area contributed by atoms with E-state index in [9.17, 15) is 13.2 Å². The minimum absolute atomic E-state index is 0.00320. The Balaban J connectivity index is 2.92. The highest BCUT2D eigenvalue weighted by molar-refractivity contribution is 7.89. The van der Waals surface area contributed by atoms with Gasteiger partial charge in [0.2, 0.25) is 15.9 Å². The molecular formula is C13H21N3O3S. The van der Waals surface area contributed by atoms with E-state index in [-0.39, 0.29) is 29.2 Å². The first-order valence-corrected chi connectivity index (χ1v) is 7.85. The van der Waals surface area contributed by atoms with E-state index < -0.39 is 10.0 Å². The van der Waals surface area contributed by atoms with Crippen LogP contribution < -0.4 is 16.2 Å². The number of nitrogens with two attached hydrogens (primary N) is 2. The van der Waals surface area contributed by atoms with Crippen LogP contribution in [0.25, 0.3) is 0 Å². The lowest BCUT2D eigenvalue weighted by molar-refractivity contribution is -0.116. The molecule has 1 amide bonds. The molecule has 5 N–H and O–H groups in total. The van der Waals surface area contributed by atoms with Gasteiger partial charge in [0.05, 0.1) is 4.90 Å². The van der Waals surface area contributed by atoms with Crippen LogP contribution in [0.3, 0.4) is 0 Å². The van der Waals surface area contributed by atoms with E-state index in [1.807, 2.05) is 13.8 Å². The van der Waals surface area contributed by atoms with Crippen molar-refractivity contribution < 1.29 is 13.2 Å². The Hall–Kier alpha value is -1.44. The molecule has 1 aromatic carbocycles. The fourth-order valence-electron chi connectivity index (χ4n) is 1.71. The number of amides is 1. The van der Waals surface area contributed by atoms with E-state index in [0.717, 1.165) is 0 Å². The summed E-state index contributed by atoms with van der Waals surface area (Å²) < 4.78 is 22.8. The number of rotatable bonds is 5. The van der Waals surface area contributed by atoms with Gasteiger partial charge in [-0.2, -0.15) is 0 Å². The van der Waals surface area contributed by atoms with Crippen molar-refractivity contribution in [2.45, 2.75) is 38.1 Å². The Kier molecular flexibility index (Phi) is 5.27. The zero-order valence-electron chi connectivity index (χ0n) is 11.9. The highest BCUT2D eigenvalue weighted by Crippen LogP contribution is 2.22. The molecule has 0 aliphatic heterocycles. The second-order valence-electron chi connectivity index (χ2n) is 5.13. The SMILES string of the molecule is Cc1c(NC(=O)CC(N)C(C)C)cccc1S(N)(=O)=O. The van der Waals surface area contributed by atoms with Gasteiger partial charge in [0.15, 0.2) is 0 Å². The van der Waals surface area contributed by atoms with Crippen LogP contribution in [0.2, 0.25) is 0 Å². The fourth-order valence-corrected chi connectivity index (χ4v) is 2.51. The molecule has 112 valence electrons. The second-order valence-corrected chi connectivity index (χ2v) is 6.66. The Morgan fingerprint density at radius 2 is 1.95 bits per heavy atom. The van der Waals surface area contributed by atoms with E-state index in [4.69, 9.17) is 10.9 Å². The Labute approximate surface area is 119 Å². The summed E-state index contributed by atoms with van der Waals surface area (Å²) in [6.07, 6.45) is 0.177. The van der Waals surface area contributed by atoms with Crippen LogP contribution in [0.4, 0.5) is 5.69 Å². The van der Waals surface area contributed by atoms with Crippen molar-refractivity contribution in [2.75, 3.05) is 5.32 Å². The number of primary sulfonamides is 1. The predicted molar refractivity (Wildman–Crippen MR) is 78.6 cm³/mol. The quantitative estimate of drug-likeness (QED) is 0.750. The first kappa shape index (κ1) is 16.6. The van der Waals surface area contributed by atoms with E-state index in [2.05, 4.69) is 5.32 Å². The number of anilines is 1. The van der Waals surface area contributed by atoms with Gasteiger partial charge in [-0.1, -0.05) is 19.9 Å². The first-order chi connectivity index (χ1) is 9.12. The normalized spacial score (nSPS) is 13.3. The largest absolute Gasteiger partial charge is 0.327 e. The van der Waals surface area contributed by atoms with E-state index in [1.54, 1.807) is 13.0 Å². The maximum absolute atomic E-state index is 11.9. The van der Waals surface area contributed by atoms with Crippen LogP contribution in [-0.4, -0.2) is 20.4 Å². The topological polar surface area (TPSA) is 115 Å². The van der Waals surface area contributed by atoms with Crippen LogP contribution in [-0.2, 0) is 14.8 Å². The molecule has 1 rings (SSSR count). The molecule has 0 fully saturated rings. The number of nitrogens with one attached hydrogen (secondary N) is 1. The molecule has 7 heteroatoms. The van der Waals surface area contributed by atoms with E-state index in [1.165, 1.54) is 12.1 Å². The minimum atomic E-state index is -3.80. The number of sulfonamides is 1. The van der Waals surface area contributed by atoms with E-state index in [0.29, 0.717) is 11.3 Å². The lowest BCUT2D eigenvalue weighted by Gasteiger charge is -2.16. The van der Waals surface area contributed by atoms with Gasteiger partial charge in [0.1, 0.15) is 0 Å². The number of benzene rings is 1. The van der Waals surface area contributed by atoms with Crippen molar-refractivity contribution in [1.82, 2.24) is 0 Å². The summed E-state index contributed by atoms with van der Waals surface area (Å²) in [6, 6.07) is 4.32. The molecule has 0 aliphatic carbocycles. The van der Waals surface area contributed by atoms with Gasteiger partial charge in [0.25, 0.3) is 0 Å². The van der Waals surface area contributed by atoms with E-state index >= 15 is 0 Å². The molecule has 1 aromatic rings. The van der Waals surface area contributed by atoms with Gasteiger partial charge in [-0.3, -0.25) is 4.79 Å².